The molecule has 3 aliphatic rings. The Morgan fingerprint density at radius 3 is 2.17 bits per heavy atom. The largest absolute Gasteiger partial charge is 0.495 e. The smallest absolute Gasteiger partial charge is 0.359 e. The summed E-state index contributed by atoms with van der Waals surface area (Å²) >= 11 is 0. The third-order valence-electron chi connectivity index (χ3n) is 7.70. The molecule has 0 unspecified atom stereocenters. The van der Waals surface area contributed by atoms with Gasteiger partial charge in [-0.3, -0.25) is 0 Å². The van der Waals surface area contributed by atoms with E-state index in [1.807, 2.05) is 13.0 Å². The van der Waals surface area contributed by atoms with Crippen molar-refractivity contribution in [3.63, 3.8) is 0 Å². The van der Waals surface area contributed by atoms with Crippen molar-refractivity contribution < 1.29 is 68.3 Å². The van der Waals surface area contributed by atoms with Crippen molar-refractivity contribution in [2.24, 2.45) is 17.3 Å². The summed E-state index contributed by atoms with van der Waals surface area (Å²) in [5, 5.41) is 0. The molecule has 1 aromatic rings. The molecule has 0 aromatic heterocycles. The van der Waals surface area contributed by atoms with Crippen LogP contribution in [0.5, 0.6) is 5.75 Å². The summed E-state index contributed by atoms with van der Waals surface area (Å²) in [5.74, 6) is 8.73. The summed E-state index contributed by atoms with van der Waals surface area (Å²) in [7, 11) is -13.3. The van der Waals surface area contributed by atoms with Gasteiger partial charge in [0.25, 0.3) is 0 Å². The molecule has 0 saturated heterocycles. The number of quaternary nitrogens is 3. The molecular weight excluding hydrogens is 546 g/mol. The molecular formula is C18H30N3O12S3+3. The van der Waals surface area contributed by atoms with Gasteiger partial charge in [0.2, 0.25) is 0 Å². The first-order valence-electron chi connectivity index (χ1n) is 11.0. The van der Waals surface area contributed by atoms with Crippen LogP contribution < -0.4 is 21.9 Å². The van der Waals surface area contributed by atoms with Crippen molar-refractivity contribution in [2.45, 2.75) is 57.2 Å². The van der Waals surface area contributed by atoms with Crippen LogP contribution in [0.3, 0.4) is 0 Å². The lowest BCUT2D eigenvalue weighted by Gasteiger charge is -2.50. The zero-order valence-electron chi connectivity index (χ0n) is 19.4. The van der Waals surface area contributed by atoms with Gasteiger partial charge in [0.05, 0.1) is 0 Å². The van der Waals surface area contributed by atoms with Crippen molar-refractivity contribution in [1.82, 2.24) is 0 Å². The fourth-order valence-corrected chi connectivity index (χ4v) is 7.87. The second-order valence-corrected chi connectivity index (χ2v) is 13.1. The number of benzene rings is 1. The van der Waals surface area contributed by atoms with E-state index in [9.17, 15) is 25.3 Å². The maximum atomic E-state index is 12.1. The molecule has 0 aliphatic heterocycles. The number of fused-ring (bicyclic) bond motifs is 5. The monoisotopic (exact) mass is 576 g/mol. The number of rotatable bonds is 9. The van der Waals surface area contributed by atoms with Gasteiger partial charge in [-0.25, -0.2) is 8.37 Å². The Labute approximate surface area is 208 Å². The molecule has 15 nitrogen and oxygen atoms in total. The molecule has 6 atom stereocenters. The fraction of sp³-hybridized carbons (Fsp3) is 0.667. The van der Waals surface area contributed by atoms with E-state index in [4.69, 9.17) is 12.5 Å². The van der Waals surface area contributed by atoms with Crippen LogP contribution >= 0.6 is 0 Å². The van der Waals surface area contributed by atoms with Gasteiger partial charge in [-0.2, -0.15) is 42.9 Å². The molecule has 18 heteroatoms. The van der Waals surface area contributed by atoms with Gasteiger partial charge in [-0.1, -0.05) is 21.6 Å². The molecule has 0 heterocycles. The lowest BCUT2D eigenvalue weighted by molar-refractivity contribution is -0.638. The number of aryl methyl sites for hydroxylation is 1. The highest BCUT2D eigenvalue weighted by Crippen LogP contribution is 2.62. The van der Waals surface area contributed by atoms with Crippen LogP contribution in [0.25, 0.3) is 0 Å². The summed E-state index contributed by atoms with van der Waals surface area (Å²) in [5.41, 5.74) is 1.20. The topological polar surface area (TPSA) is 241 Å². The first-order valence-corrected chi connectivity index (χ1v) is 15.0. The van der Waals surface area contributed by atoms with Crippen molar-refractivity contribution in [1.29, 1.82) is 0 Å². The van der Waals surface area contributed by atoms with Gasteiger partial charge in [0.1, 0.15) is 18.0 Å². The van der Waals surface area contributed by atoms with Gasteiger partial charge in [-0.15, -0.1) is 0 Å². The SMILES string of the molecule is C[C@]12CC[C@@H]3c4ccc(OS(=O)(=O)O[NH3+])cc4CC[C@H]3[C@@H]1C[C@@H](OS(=O)(=O)O[NH3+])[C@@H]2OS(=O)(=O)O[NH3+]. The van der Waals surface area contributed by atoms with Crippen molar-refractivity contribution in [3.8, 4) is 5.75 Å². The van der Waals surface area contributed by atoms with Gasteiger partial charge in [0.15, 0.2) is 0 Å². The van der Waals surface area contributed by atoms with E-state index in [0.29, 0.717) is 25.7 Å². The van der Waals surface area contributed by atoms with E-state index >= 15 is 0 Å². The van der Waals surface area contributed by atoms with Gasteiger partial charge < -0.3 is 4.18 Å². The van der Waals surface area contributed by atoms with Crippen molar-refractivity contribution in [2.75, 3.05) is 0 Å². The van der Waals surface area contributed by atoms with Crippen LogP contribution in [0.1, 0.15) is 49.7 Å². The molecule has 9 N–H and O–H groups in total. The summed E-state index contributed by atoms with van der Waals surface area (Å²) in [4.78, 5) is 0. The second kappa shape index (κ2) is 9.70. The lowest BCUT2D eigenvalue weighted by Crippen LogP contribution is -2.54. The van der Waals surface area contributed by atoms with E-state index in [2.05, 4.69) is 30.5 Å². The predicted molar refractivity (Wildman–Crippen MR) is 115 cm³/mol. The molecule has 0 radical (unpaired) electrons. The quantitative estimate of drug-likeness (QED) is 0.260. The van der Waals surface area contributed by atoms with E-state index in [1.165, 1.54) is 6.07 Å². The number of hydrogen-bond donors (Lipinski definition) is 3. The van der Waals surface area contributed by atoms with Crippen LogP contribution in [0.2, 0.25) is 0 Å². The molecule has 36 heavy (non-hydrogen) atoms. The van der Waals surface area contributed by atoms with Gasteiger partial charge in [-0.05, 0) is 77.4 Å². The standard InChI is InChI=1S/C18H30N3O12S3/c1-18-7-6-13-12-5-3-11(28-34(22,23)31-19)8-10(12)2-4-14(13)15(18)9-16(29-35(24,25)32-20)17(18)30-36(26,27)33-21/h3,5,8,13-17H,2,4,6-7,9H2,1,19-21H3/q+3/t13-,14-,15+,16-,17+,18+/m1/s1. The molecule has 1 aromatic carbocycles. The Kier molecular flexibility index (Phi) is 7.43. The molecule has 204 valence electrons. The minimum Gasteiger partial charge on any atom is -0.359 e. The Morgan fingerprint density at radius 1 is 0.889 bits per heavy atom. The fourth-order valence-electron chi connectivity index (χ4n) is 6.29. The van der Waals surface area contributed by atoms with Crippen LogP contribution in [-0.2, 0) is 58.8 Å². The minimum atomic E-state index is -4.51. The van der Waals surface area contributed by atoms with Crippen molar-refractivity contribution in [3.05, 3.63) is 29.3 Å². The zero-order chi connectivity index (χ0) is 26.5. The van der Waals surface area contributed by atoms with Crippen molar-refractivity contribution >= 4 is 31.2 Å². The molecule has 0 amide bonds. The Balaban J connectivity index is 1.65. The summed E-state index contributed by atoms with van der Waals surface area (Å²) in [6, 6.07) is 4.99. The maximum Gasteiger partial charge on any atom is 0.495 e. The first kappa shape index (κ1) is 27.6. The molecule has 4 rings (SSSR count). The van der Waals surface area contributed by atoms with E-state index in [0.717, 1.165) is 11.1 Å². The average Bonchev–Trinajstić information content (AvgIpc) is 3.09. The second-order valence-electron chi connectivity index (χ2n) is 9.37. The summed E-state index contributed by atoms with van der Waals surface area (Å²) < 4.78 is 99.3. The van der Waals surface area contributed by atoms with Gasteiger partial charge in [0, 0.05) is 5.41 Å². The zero-order valence-corrected chi connectivity index (χ0v) is 21.8. The van der Waals surface area contributed by atoms with E-state index in [-0.39, 0.29) is 29.9 Å². The van der Waals surface area contributed by atoms with E-state index in [1.54, 1.807) is 6.07 Å². The van der Waals surface area contributed by atoms with Crippen LogP contribution in [0.15, 0.2) is 18.2 Å². The summed E-state index contributed by atoms with van der Waals surface area (Å²) in [6.45, 7) is 1.86. The molecule has 2 fully saturated rings. The third-order valence-corrected chi connectivity index (χ3v) is 9.89. The van der Waals surface area contributed by atoms with E-state index < -0.39 is 48.8 Å². The molecule has 2 saturated carbocycles. The maximum absolute atomic E-state index is 12.1. The van der Waals surface area contributed by atoms with Gasteiger partial charge >= 0.3 is 31.2 Å². The molecule has 3 aliphatic carbocycles. The average molecular weight is 577 g/mol. The highest BCUT2D eigenvalue weighted by molar-refractivity contribution is 7.82. The van der Waals surface area contributed by atoms with Crippen LogP contribution in [-0.4, -0.2) is 37.5 Å². The summed E-state index contributed by atoms with van der Waals surface area (Å²) in [6.07, 6.45) is 0.336. The highest BCUT2D eigenvalue weighted by Gasteiger charge is 2.61. The molecule has 0 bridgehead atoms. The highest BCUT2D eigenvalue weighted by atomic mass is 32.3. The van der Waals surface area contributed by atoms with Crippen LogP contribution in [0, 0.1) is 17.3 Å². The Morgan fingerprint density at radius 2 is 1.53 bits per heavy atom. The minimum absolute atomic E-state index is 0.0568. The predicted octanol–water partition coefficient (Wildman–Crippen LogP) is -2.44. The molecule has 0 spiro atoms. The Bertz CT molecular complexity index is 1320. The lowest BCUT2D eigenvalue weighted by atomic mass is 9.55. The third kappa shape index (κ3) is 5.25. The van der Waals surface area contributed by atoms with Crippen LogP contribution in [0.4, 0.5) is 0 Å². The first-order chi connectivity index (χ1) is 16.7. The normalized spacial score (nSPS) is 32.4. The number of hydrogen-bond acceptors (Lipinski definition) is 12. The Hall–Kier alpha value is -1.45.